The summed E-state index contributed by atoms with van der Waals surface area (Å²) in [5.74, 6) is 0.319. The Morgan fingerprint density at radius 3 is 2.85 bits per heavy atom. The van der Waals surface area contributed by atoms with Crippen molar-refractivity contribution in [2.45, 2.75) is 0 Å². The Kier molecular flexibility index (Phi) is 3.00. The number of aromatic hydroxyl groups is 1. The molecule has 0 saturated heterocycles. The van der Waals surface area contributed by atoms with Crippen molar-refractivity contribution in [3.8, 4) is 22.7 Å². The number of hydrogen-bond donors (Lipinski definition) is 2. The minimum atomic E-state index is 0.0173. The third-order valence-electron chi connectivity index (χ3n) is 2.81. The highest BCUT2D eigenvalue weighted by Crippen LogP contribution is 2.30. The Balaban J connectivity index is 2.14. The number of anilines is 1. The van der Waals surface area contributed by atoms with Crippen molar-refractivity contribution in [1.29, 1.82) is 0 Å². The lowest BCUT2D eigenvalue weighted by Crippen LogP contribution is -2.02. The molecule has 0 aliphatic heterocycles. The van der Waals surface area contributed by atoms with Crippen LogP contribution in [0.2, 0.25) is 5.02 Å². The first-order chi connectivity index (χ1) is 9.66. The molecule has 1 aromatic carbocycles. The zero-order valence-electron chi connectivity index (χ0n) is 10.2. The molecular weight excluding hydrogens is 278 g/mol. The van der Waals surface area contributed by atoms with Crippen LogP contribution in [0.15, 0.2) is 42.7 Å². The van der Waals surface area contributed by atoms with Crippen LogP contribution in [0.25, 0.3) is 16.9 Å². The van der Waals surface area contributed by atoms with Gasteiger partial charge in [0.05, 0.1) is 0 Å². The molecule has 3 N–H and O–H groups in total. The van der Waals surface area contributed by atoms with E-state index in [1.807, 2.05) is 6.07 Å². The van der Waals surface area contributed by atoms with Gasteiger partial charge in [-0.3, -0.25) is 4.98 Å². The van der Waals surface area contributed by atoms with Crippen molar-refractivity contribution in [2.24, 2.45) is 0 Å². The number of halogens is 1. The van der Waals surface area contributed by atoms with Crippen LogP contribution in [0.5, 0.6) is 5.75 Å². The third-order valence-corrected chi connectivity index (χ3v) is 3.04. The fourth-order valence-electron chi connectivity index (χ4n) is 1.84. The average molecular weight is 288 g/mol. The Morgan fingerprint density at radius 2 is 2.10 bits per heavy atom. The molecule has 7 heteroatoms. The van der Waals surface area contributed by atoms with Gasteiger partial charge in [-0.1, -0.05) is 16.8 Å². The van der Waals surface area contributed by atoms with Gasteiger partial charge in [-0.25, -0.2) is 0 Å². The molecule has 0 amide bonds. The molecule has 2 heterocycles. The van der Waals surface area contributed by atoms with E-state index in [-0.39, 0.29) is 5.75 Å². The maximum Gasteiger partial charge on any atom is 0.156 e. The molecule has 0 bridgehead atoms. The zero-order valence-corrected chi connectivity index (χ0v) is 11.0. The molecule has 6 nitrogen and oxygen atoms in total. The number of hydrogen-bond acceptors (Lipinski definition) is 5. The summed E-state index contributed by atoms with van der Waals surface area (Å²) in [6, 6.07) is 8.23. The summed E-state index contributed by atoms with van der Waals surface area (Å²) in [6.07, 6.45) is 3.30. The van der Waals surface area contributed by atoms with E-state index in [1.54, 1.807) is 30.6 Å². The van der Waals surface area contributed by atoms with E-state index in [1.165, 1.54) is 10.7 Å². The topological polar surface area (TPSA) is 89.9 Å². The van der Waals surface area contributed by atoms with Crippen molar-refractivity contribution in [2.75, 3.05) is 5.73 Å². The molecular formula is C13H10ClN5O. The first-order valence-corrected chi connectivity index (χ1v) is 6.15. The lowest BCUT2D eigenvalue weighted by Gasteiger charge is -2.06. The Labute approximate surface area is 119 Å². The van der Waals surface area contributed by atoms with E-state index in [0.717, 1.165) is 5.56 Å². The largest absolute Gasteiger partial charge is 0.506 e. The summed E-state index contributed by atoms with van der Waals surface area (Å²) < 4.78 is 1.34. The van der Waals surface area contributed by atoms with Gasteiger partial charge < -0.3 is 10.8 Å². The second-order valence-corrected chi connectivity index (χ2v) is 4.55. The molecule has 3 aromatic rings. The number of nitrogen functional groups attached to an aromatic ring is 1. The first-order valence-electron chi connectivity index (χ1n) is 5.77. The summed E-state index contributed by atoms with van der Waals surface area (Å²) in [7, 11) is 0. The van der Waals surface area contributed by atoms with Crippen molar-refractivity contribution in [3.05, 3.63) is 47.7 Å². The van der Waals surface area contributed by atoms with E-state index < -0.39 is 0 Å². The molecule has 0 unspecified atom stereocenters. The lowest BCUT2D eigenvalue weighted by atomic mass is 10.2. The molecule has 0 radical (unpaired) electrons. The highest BCUT2D eigenvalue weighted by atomic mass is 35.5. The molecule has 0 spiro atoms. The smallest absolute Gasteiger partial charge is 0.156 e. The highest BCUT2D eigenvalue weighted by molar-refractivity contribution is 6.30. The number of rotatable bonds is 2. The normalized spacial score (nSPS) is 10.7. The minimum absolute atomic E-state index is 0.0173. The van der Waals surface area contributed by atoms with Gasteiger partial charge in [-0.05, 0) is 30.3 Å². The second kappa shape index (κ2) is 4.82. The summed E-state index contributed by atoms with van der Waals surface area (Å²) in [4.78, 5) is 4.01. The molecule has 20 heavy (non-hydrogen) atoms. The standard InChI is InChI=1S/C13H10ClN5O/c14-9-3-4-11(20)10(6-9)19-13(15)12(17-18-19)8-2-1-5-16-7-8/h1-7,20H,15H2. The maximum atomic E-state index is 9.88. The van der Waals surface area contributed by atoms with E-state index >= 15 is 0 Å². The number of nitrogens with zero attached hydrogens (tertiary/aromatic N) is 4. The molecule has 100 valence electrons. The fourth-order valence-corrected chi connectivity index (χ4v) is 2.01. The molecule has 0 saturated carbocycles. The molecule has 0 atom stereocenters. The quantitative estimate of drug-likeness (QED) is 0.754. The van der Waals surface area contributed by atoms with Crippen LogP contribution in [-0.4, -0.2) is 25.1 Å². The first kappa shape index (κ1) is 12.4. The van der Waals surface area contributed by atoms with Gasteiger partial charge in [0.2, 0.25) is 0 Å². The number of phenolic OH excluding ortho intramolecular Hbond substituents is 1. The summed E-state index contributed by atoms with van der Waals surface area (Å²) >= 11 is 5.92. The van der Waals surface area contributed by atoms with Gasteiger partial charge >= 0.3 is 0 Å². The zero-order chi connectivity index (χ0) is 14.1. The molecule has 0 aliphatic carbocycles. The van der Waals surface area contributed by atoms with Gasteiger partial charge in [-0.2, -0.15) is 4.68 Å². The van der Waals surface area contributed by atoms with Crippen LogP contribution < -0.4 is 5.73 Å². The van der Waals surface area contributed by atoms with E-state index in [0.29, 0.717) is 22.2 Å². The Morgan fingerprint density at radius 1 is 1.25 bits per heavy atom. The van der Waals surface area contributed by atoms with Crippen LogP contribution >= 0.6 is 11.6 Å². The summed E-state index contributed by atoms with van der Waals surface area (Å²) in [6.45, 7) is 0. The fraction of sp³-hybridized carbons (Fsp3) is 0. The number of benzene rings is 1. The van der Waals surface area contributed by atoms with E-state index in [9.17, 15) is 5.11 Å². The van der Waals surface area contributed by atoms with Crippen LogP contribution in [0.4, 0.5) is 5.82 Å². The third kappa shape index (κ3) is 2.06. The predicted octanol–water partition coefficient (Wildman–Crippen LogP) is 2.27. The van der Waals surface area contributed by atoms with Crippen LogP contribution in [0, 0.1) is 0 Å². The van der Waals surface area contributed by atoms with Gasteiger partial charge in [0.15, 0.2) is 5.82 Å². The molecule has 3 rings (SSSR count). The average Bonchev–Trinajstić information content (AvgIpc) is 2.84. The highest BCUT2D eigenvalue weighted by Gasteiger charge is 2.15. The lowest BCUT2D eigenvalue weighted by molar-refractivity contribution is 0.470. The summed E-state index contributed by atoms with van der Waals surface area (Å²) in [5.41, 5.74) is 7.66. The Hall–Kier alpha value is -2.60. The van der Waals surface area contributed by atoms with Gasteiger partial charge in [0.1, 0.15) is 17.1 Å². The monoisotopic (exact) mass is 287 g/mol. The number of phenols is 1. The Bertz CT molecular complexity index is 757. The maximum absolute atomic E-state index is 9.88. The minimum Gasteiger partial charge on any atom is -0.506 e. The second-order valence-electron chi connectivity index (χ2n) is 4.11. The van der Waals surface area contributed by atoms with Crippen molar-refractivity contribution in [1.82, 2.24) is 20.0 Å². The molecule has 2 aromatic heterocycles. The molecule has 0 fully saturated rings. The van der Waals surface area contributed by atoms with E-state index in [2.05, 4.69) is 15.3 Å². The SMILES string of the molecule is Nc1c(-c2cccnc2)nnn1-c1cc(Cl)ccc1O. The van der Waals surface area contributed by atoms with Crippen molar-refractivity contribution >= 4 is 17.4 Å². The number of nitrogens with two attached hydrogens (primary N) is 1. The predicted molar refractivity (Wildman–Crippen MR) is 75.7 cm³/mol. The summed E-state index contributed by atoms with van der Waals surface area (Å²) in [5, 5.41) is 18.3. The number of pyridine rings is 1. The van der Waals surface area contributed by atoms with Crippen molar-refractivity contribution in [3.63, 3.8) is 0 Å². The van der Waals surface area contributed by atoms with Gasteiger partial charge in [0.25, 0.3) is 0 Å². The van der Waals surface area contributed by atoms with Crippen molar-refractivity contribution < 1.29 is 5.11 Å². The van der Waals surface area contributed by atoms with Crippen LogP contribution in [-0.2, 0) is 0 Å². The van der Waals surface area contributed by atoms with Crippen LogP contribution in [0.3, 0.4) is 0 Å². The van der Waals surface area contributed by atoms with Crippen LogP contribution in [0.1, 0.15) is 0 Å². The van der Waals surface area contributed by atoms with Gasteiger partial charge in [-0.15, -0.1) is 5.10 Å². The number of aromatic nitrogens is 4. The van der Waals surface area contributed by atoms with E-state index in [4.69, 9.17) is 17.3 Å². The molecule has 0 aliphatic rings. The van der Waals surface area contributed by atoms with Gasteiger partial charge in [0, 0.05) is 23.0 Å².